The van der Waals surface area contributed by atoms with Crippen molar-refractivity contribution in [2.45, 2.75) is 6.92 Å². The van der Waals surface area contributed by atoms with E-state index in [4.69, 9.17) is 0 Å². The molecular weight excluding hydrogens is 297 g/mol. The van der Waals surface area contributed by atoms with Gasteiger partial charge in [0, 0.05) is 15.7 Å². The van der Waals surface area contributed by atoms with Crippen LogP contribution >= 0.6 is 15.9 Å². The normalized spacial score (nSPS) is 10.2. The largest absolute Gasteiger partial charge is 0.322 e. The summed E-state index contributed by atoms with van der Waals surface area (Å²) in [5.74, 6) is -0.586. The second kappa shape index (κ2) is 5.31. The first-order valence-electron chi connectivity index (χ1n) is 5.39. The highest BCUT2D eigenvalue weighted by Gasteiger charge is 2.09. The van der Waals surface area contributed by atoms with Gasteiger partial charge in [0.25, 0.3) is 5.91 Å². The average Bonchev–Trinajstić information content (AvgIpc) is 2.28. The van der Waals surface area contributed by atoms with Gasteiger partial charge in [-0.2, -0.15) is 0 Å². The molecule has 0 unspecified atom stereocenters. The number of carbonyl (C=O) groups excluding carboxylic acids is 1. The number of nitrogens with one attached hydrogen (secondary N) is 1. The van der Waals surface area contributed by atoms with Crippen molar-refractivity contribution in [3.63, 3.8) is 0 Å². The summed E-state index contributed by atoms with van der Waals surface area (Å²) < 4.78 is 13.8. The number of carbonyl (C=O) groups is 1. The van der Waals surface area contributed by atoms with Gasteiger partial charge >= 0.3 is 0 Å². The fraction of sp³-hybridized carbons (Fsp3) is 0.0714. The van der Waals surface area contributed by atoms with Crippen LogP contribution in [0.5, 0.6) is 0 Å². The minimum Gasteiger partial charge on any atom is -0.322 e. The van der Waals surface area contributed by atoms with Gasteiger partial charge in [0.2, 0.25) is 0 Å². The van der Waals surface area contributed by atoms with Gasteiger partial charge in [0.15, 0.2) is 0 Å². The highest BCUT2D eigenvalue weighted by Crippen LogP contribution is 2.17. The summed E-state index contributed by atoms with van der Waals surface area (Å²) in [5.41, 5.74) is 1.77. The molecule has 0 aliphatic heterocycles. The van der Waals surface area contributed by atoms with Crippen molar-refractivity contribution < 1.29 is 9.18 Å². The van der Waals surface area contributed by atoms with E-state index in [1.807, 2.05) is 12.1 Å². The third-order valence-corrected chi connectivity index (χ3v) is 3.01. The number of anilines is 1. The number of amides is 1. The van der Waals surface area contributed by atoms with Crippen LogP contribution in [-0.4, -0.2) is 5.91 Å². The smallest absolute Gasteiger partial charge is 0.255 e. The Labute approximate surface area is 113 Å². The second-order valence-electron chi connectivity index (χ2n) is 3.92. The van der Waals surface area contributed by atoms with Crippen LogP contribution in [0, 0.1) is 12.7 Å². The summed E-state index contributed by atoms with van der Waals surface area (Å²) in [6.07, 6.45) is 0. The highest BCUT2D eigenvalue weighted by atomic mass is 79.9. The van der Waals surface area contributed by atoms with E-state index in [9.17, 15) is 9.18 Å². The van der Waals surface area contributed by atoms with Crippen LogP contribution in [0.4, 0.5) is 10.1 Å². The molecule has 0 spiro atoms. The molecule has 0 saturated heterocycles. The van der Waals surface area contributed by atoms with Crippen molar-refractivity contribution >= 4 is 27.5 Å². The predicted molar refractivity (Wildman–Crippen MR) is 73.2 cm³/mol. The van der Waals surface area contributed by atoms with Gasteiger partial charge in [-0.15, -0.1) is 0 Å². The van der Waals surface area contributed by atoms with Gasteiger partial charge < -0.3 is 5.32 Å². The minimum atomic E-state index is -0.341. The lowest BCUT2D eigenvalue weighted by Crippen LogP contribution is -2.13. The lowest BCUT2D eigenvalue weighted by Gasteiger charge is -2.08. The first-order valence-corrected chi connectivity index (χ1v) is 6.18. The van der Waals surface area contributed by atoms with Crippen LogP contribution in [0.1, 0.15) is 15.9 Å². The summed E-state index contributed by atoms with van der Waals surface area (Å²) in [4.78, 5) is 12.0. The van der Waals surface area contributed by atoms with Crippen molar-refractivity contribution in [1.29, 1.82) is 0 Å². The summed E-state index contributed by atoms with van der Waals surface area (Å²) in [7, 11) is 0. The Morgan fingerprint density at radius 2 is 2.00 bits per heavy atom. The molecule has 2 nitrogen and oxygen atoms in total. The Morgan fingerprint density at radius 1 is 1.22 bits per heavy atom. The number of hydrogen-bond donors (Lipinski definition) is 1. The SMILES string of the molecule is Cc1cc(F)ccc1C(=O)Nc1cccc(Br)c1. The van der Waals surface area contributed by atoms with Crippen molar-refractivity contribution in [2.24, 2.45) is 0 Å². The molecule has 0 aliphatic carbocycles. The highest BCUT2D eigenvalue weighted by molar-refractivity contribution is 9.10. The second-order valence-corrected chi connectivity index (χ2v) is 4.84. The minimum absolute atomic E-state index is 0.245. The molecule has 2 rings (SSSR count). The molecule has 18 heavy (non-hydrogen) atoms. The molecule has 0 fully saturated rings. The Kier molecular flexibility index (Phi) is 3.77. The number of aryl methyl sites for hydroxylation is 1. The van der Waals surface area contributed by atoms with E-state index in [-0.39, 0.29) is 11.7 Å². The van der Waals surface area contributed by atoms with Crippen molar-refractivity contribution in [1.82, 2.24) is 0 Å². The molecule has 0 saturated carbocycles. The van der Waals surface area contributed by atoms with E-state index in [1.54, 1.807) is 19.1 Å². The Hall–Kier alpha value is -1.68. The molecule has 0 radical (unpaired) electrons. The molecule has 1 N–H and O–H groups in total. The van der Waals surface area contributed by atoms with Crippen molar-refractivity contribution in [2.75, 3.05) is 5.32 Å². The zero-order valence-electron chi connectivity index (χ0n) is 9.71. The molecule has 0 aromatic heterocycles. The first kappa shape index (κ1) is 12.8. The predicted octanol–water partition coefficient (Wildman–Crippen LogP) is 4.15. The molecule has 92 valence electrons. The quantitative estimate of drug-likeness (QED) is 0.887. The van der Waals surface area contributed by atoms with Gasteiger partial charge in [-0.25, -0.2) is 4.39 Å². The maximum absolute atomic E-state index is 13.0. The van der Waals surface area contributed by atoms with Gasteiger partial charge in [0.05, 0.1) is 0 Å². The number of rotatable bonds is 2. The molecule has 1 amide bonds. The maximum atomic E-state index is 13.0. The van der Waals surface area contributed by atoms with E-state index in [0.717, 1.165) is 4.47 Å². The Morgan fingerprint density at radius 3 is 2.67 bits per heavy atom. The van der Waals surface area contributed by atoms with Gasteiger partial charge in [-0.3, -0.25) is 4.79 Å². The summed E-state index contributed by atoms with van der Waals surface area (Å²) in [6, 6.07) is 11.4. The fourth-order valence-electron chi connectivity index (χ4n) is 1.65. The Balaban J connectivity index is 2.22. The number of halogens is 2. The van der Waals surface area contributed by atoms with Crippen LogP contribution in [0.25, 0.3) is 0 Å². The zero-order chi connectivity index (χ0) is 13.1. The first-order chi connectivity index (χ1) is 8.56. The monoisotopic (exact) mass is 307 g/mol. The van der Waals surface area contributed by atoms with Crippen molar-refractivity contribution in [3.05, 3.63) is 63.9 Å². The zero-order valence-corrected chi connectivity index (χ0v) is 11.3. The van der Waals surface area contributed by atoms with Crippen LogP contribution in [0.15, 0.2) is 46.9 Å². The number of benzene rings is 2. The molecule has 0 atom stereocenters. The van der Waals surface area contributed by atoms with E-state index in [2.05, 4.69) is 21.2 Å². The molecule has 2 aromatic carbocycles. The molecular formula is C14H11BrFNO. The average molecular weight is 308 g/mol. The summed E-state index contributed by atoms with van der Waals surface area (Å²) in [6.45, 7) is 1.71. The van der Waals surface area contributed by atoms with Gasteiger partial charge in [-0.1, -0.05) is 22.0 Å². The van der Waals surface area contributed by atoms with Crippen LogP contribution in [0.3, 0.4) is 0 Å². The van der Waals surface area contributed by atoms with Crippen molar-refractivity contribution in [3.8, 4) is 0 Å². The maximum Gasteiger partial charge on any atom is 0.255 e. The lowest BCUT2D eigenvalue weighted by atomic mass is 10.1. The summed E-state index contributed by atoms with van der Waals surface area (Å²) in [5, 5.41) is 2.77. The summed E-state index contributed by atoms with van der Waals surface area (Å²) >= 11 is 3.33. The Bertz CT molecular complexity index is 598. The third kappa shape index (κ3) is 2.96. The van der Waals surface area contributed by atoms with Crippen LogP contribution in [-0.2, 0) is 0 Å². The van der Waals surface area contributed by atoms with E-state index < -0.39 is 0 Å². The van der Waals surface area contributed by atoms with E-state index >= 15 is 0 Å². The van der Waals surface area contributed by atoms with Crippen LogP contribution in [0.2, 0.25) is 0 Å². The van der Waals surface area contributed by atoms with Gasteiger partial charge in [0.1, 0.15) is 5.82 Å². The molecule has 0 heterocycles. The lowest BCUT2D eigenvalue weighted by molar-refractivity contribution is 0.102. The molecule has 0 aliphatic rings. The third-order valence-electron chi connectivity index (χ3n) is 2.52. The topological polar surface area (TPSA) is 29.1 Å². The molecule has 0 bridgehead atoms. The van der Waals surface area contributed by atoms with Gasteiger partial charge in [-0.05, 0) is 48.9 Å². The van der Waals surface area contributed by atoms with E-state index in [0.29, 0.717) is 16.8 Å². The van der Waals surface area contributed by atoms with E-state index in [1.165, 1.54) is 18.2 Å². The molecule has 2 aromatic rings. The standard InChI is InChI=1S/C14H11BrFNO/c1-9-7-11(16)5-6-13(9)14(18)17-12-4-2-3-10(15)8-12/h2-8H,1H3,(H,17,18). The number of hydrogen-bond acceptors (Lipinski definition) is 1. The fourth-order valence-corrected chi connectivity index (χ4v) is 2.05. The molecule has 4 heteroatoms. The van der Waals surface area contributed by atoms with Crippen LogP contribution < -0.4 is 5.32 Å².